The Balaban J connectivity index is 1.65. The molecular formula is C20H22BrNO4. The van der Waals surface area contributed by atoms with Crippen molar-refractivity contribution in [1.82, 2.24) is 5.32 Å². The number of benzene rings is 2. The molecule has 1 N–H and O–H groups in total. The molecule has 1 heterocycles. The number of rotatable bonds is 6. The first-order chi connectivity index (χ1) is 12.5. The van der Waals surface area contributed by atoms with E-state index in [4.69, 9.17) is 14.2 Å². The molecule has 0 saturated heterocycles. The molecule has 0 aromatic heterocycles. The predicted molar refractivity (Wildman–Crippen MR) is 103 cm³/mol. The minimum absolute atomic E-state index is 0.0375. The van der Waals surface area contributed by atoms with Gasteiger partial charge in [0.25, 0.3) is 5.91 Å². The van der Waals surface area contributed by atoms with Crippen LogP contribution in [0.15, 0.2) is 46.9 Å². The number of carbonyl (C=O) groups is 1. The van der Waals surface area contributed by atoms with Gasteiger partial charge in [-0.05, 0) is 41.8 Å². The topological polar surface area (TPSA) is 56.8 Å². The largest absolute Gasteiger partial charge is 0.486 e. The van der Waals surface area contributed by atoms with Crippen molar-refractivity contribution in [2.75, 3.05) is 19.8 Å². The van der Waals surface area contributed by atoms with Crippen LogP contribution in [0.3, 0.4) is 0 Å². The number of amides is 1. The van der Waals surface area contributed by atoms with Gasteiger partial charge in [-0.3, -0.25) is 4.79 Å². The van der Waals surface area contributed by atoms with Gasteiger partial charge in [0.1, 0.15) is 19.0 Å². The number of carbonyl (C=O) groups excluding carboxylic acids is 1. The Morgan fingerprint density at radius 3 is 2.65 bits per heavy atom. The third-order valence-electron chi connectivity index (χ3n) is 4.07. The second kappa shape index (κ2) is 8.45. The molecule has 0 fully saturated rings. The summed E-state index contributed by atoms with van der Waals surface area (Å²) in [6.45, 7) is 5.19. The summed E-state index contributed by atoms with van der Waals surface area (Å²) in [5.74, 6) is 2.16. The molecule has 2 aromatic carbocycles. The lowest BCUT2D eigenvalue weighted by atomic mass is 9.95. The van der Waals surface area contributed by atoms with E-state index >= 15 is 0 Å². The van der Waals surface area contributed by atoms with E-state index in [-0.39, 0.29) is 24.5 Å². The van der Waals surface area contributed by atoms with E-state index < -0.39 is 0 Å². The minimum atomic E-state index is -0.168. The number of ether oxygens (including phenoxy) is 3. The first kappa shape index (κ1) is 18.6. The molecule has 2 aromatic rings. The van der Waals surface area contributed by atoms with Gasteiger partial charge in [-0.2, -0.15) is 0 Å². The molecule has 0 aliphatic carbocycles. The molecule has 26 heavy (non-hydrogen) atoms. The predicted octanol–water partition coefficient (Wildman–Crippen LogP) is 4.11. The first-order valence-electron chi connectivity index (χ1n) is 8.60. The van der Waals surface area contributed by atoms with Gasteiger partial charge in [0, 0.05) is 4.47 Å². The van der Waals surface area contributed by atoms with Crippen LogP contribution in [0.5, 0.6) is 17.2 Å². The molecule has 1 aliphatic rings. The monoisotopic (exact) mass is 419 g/mol. The first-order valence-corrected chi connectivity index (χ1v) is 9.39. The van der Waals surface area contributed by atoms with Gasteiger partial charge >= 0.3 is 0 Å². The highest BCUT2D eigenvalue weighted by Gasteiger charge is 2.21. The molecule has 0 saturated carbocycles. The Kier molecular flexibility index (Phi) is 6.04. The summed E-state index contributed by atoms with van der Waals surface area (Å²) in [6.07, 6.45) is 0. The summed E-state index contributed by atoms with van der Waals surface area (Å²) in [5, 5.41) is 3.05. The molecule has 138 valence electrons. The third-order valence-corrected chi connectivity index (χ3v) is 4.57. The average Bonchev–Trinajstić information content (AvgIpc) is 2.64. The highest BCUT2D eigenvalue weighted by molar-refractivity contribution is 9.10. The van der Waals surface area contributed by atoms with Crippen LogP contribution < -0.4 is 19.5 Å². The van der Waals surface area contributed by atoms with Crippen LogP contribution in [0.2, 0.25) is 0 Å². The molecular weight excluding hydrogens is 398 g/mol. The zero-order chi connectivity index (χ0) is 18.5. The van der Waals surface area contributed by atoms with Crippen molar-refractivity contribution in [3.05, 3.63) is 52.5 Å². The molecule has 1 amide bonds. The van der Waals surface area contributed by atoms with E-state index in [1.54, 1.807) is 0 Å². The van der Waals surface area contributed by atoms with Crippen molar-refractivity contribution in [1.29, 1.82) is 0 Å². The van der Waals surface area contributed by atoms with Gasteiger partial charge < -0.3 is 19.5 Å². The standard InChI is InChI=1S/C20H22BrNO4/c1-13(2)20(14-6-7-17-18(10-14)25-9-8-24-17)22-19(23)12-26-16-5-3-4-15(21)11-16/h3-7,10-11,13,20H,8-9,12H2,1-2H3,(H,22,23). The van der Waals surface area contributed by atoms with Crippen LogP contribution in [0.4, 0.5) is 0 Å². The Morgan fingerprint density at radius 2 is 1.92 bits per heavy atom. The summed E-state index contributed by atoms with van der Waals surface area (Å²) in [5.41, 5.74) is 0.986. The van der Waals surface area contributed by atoms with Crippen LogP contribution >= 0.6 is 15.9 Å². The lowest BCUT2D eigenvalue weighted by Gasteiger charge is -2.25. The van der Waals surface area contributed by atoms with Crippen molar-refractivity contribution in [3.63, 3.8) is 0 Å². The summed E-state index contributed by atoms with van der Waals surface area (Å²) in [7, 11) is 0. The molecule has 1 unspecified atom stereocenters. The Morgan fingerprint density at radius 1 is 1.15 bits per heavy atom. The Hall–Kier alpha value is -2.21. The summed E-state index contributed by atoms with van der Waals surface area (Å²) < 4.78 is 17.7. The van der Waals surface area contributed by atoms with Crippen LogP contribution in [0.1, 0.15) is 25.5 Å². The van der Waals surface area contributed by atoms with Crippen molar-refractivity contribution in [2.24, 2.45) is 5.92 Å². The third kappa shape index (κ3) is 4.69. The molecule has 6 heteroatoms. The number of hydrogen-bond donors (Lipinski definition) is 1. The van der Waals surface area contributed by atoms with Crippen LogP contribution in [-0.4, -0.2) is 25.7 Å². The summed E-state index contributed by atoms with van der Waals surface area (Å²) in [6, 6.07) is 13.1. The second-order valence-electron chi connectivity index (χ2n) is 6.44. The van der Waals surface area contributed by atoms with Gasteiger partial charge in [-0.1, -0.05) is 41.9 Å². The normalized spacial score (nSPS) is 14.0. The molecule has 1 aliphatic heterocycles. The van der Waals surface area contributed by atoms with Gasteiger partial charge in [0.15, 0.2) is 18.1 Å². The van der Waals surface area contributed by atoms with Crippen molar-refractivity contribution in [3.8, 4) is 17.2 Å². The average molecular weight is 420 g/mol. The van der Waals surface area contributed by atoms with Gasteiger partial charge in [-0.25, -0.2) is 0 Å². The number of halogens is 1. The molecule has 5 nitrogen and oxygen atoms in total. The summed E-state index contributed by atoms with van der Waals surface area (Å²) >= 11 is 3.39. The van der Waals surface area contributed by atoms with E-state index in [0.29, 0.717) is 19.0 Å². The lowest BCUT2D eigenvalue weighted by molar-refractivity contribution is -0.124. The number of nitrogens with one attached hydrogen (secondary N) is 1. The fraction of sp³-hybridized carbons (Fsp3) is 0.350. The summed E-state index contributed by atoms with van der Waals surface area (Å²) in [4.78, 5) is 12.4. The molecule has 0 bridgehead atoms. The van der Waals surface area contributed by atoms with Crippen LogP contribution in [0.25, 0.3) is 0 Å². The maximum Gasteiger partial charge on any atom is 0.258 e. The highest BCUT2D eigenvalue weighted by Crippen LogP contribution is 2.34. The lowest BCUT2D eigenvalue weighted by Crippen LogP contribution is -2.35. The Labute approximate surface area is 161 Å². The van der Waals surface area contributed by atoms with Crippen LogP contribution in [0, 0.1) is 5.92 Å². The fourth-order valence-electron chi connectivity index (χ4n) is 2.81. The molecule has 3 rings (SSSR count). The van der Waals surface area contributed by atoms with Gasteiger partial charge in [0.2, 0.25) is 0 Å². The zero-order valence-corrected chi connectivity index (χ0v) is 16.4. The maximum atomic E-state index is 12.4. The number of fused-ring (bicyclic) bond motifs is 1. The second-order valence-corrected chi connectivity index (χ2v) is 7.35. The molecule has 1 atom stereocenters. The number of hydrogen-bond acceptors (Lipinski definition) is 4. The van der Waals surface area contributed by atoms with E-state index in [9.17, 15) is 4.79 Å². The molecule has 0 spiro atoms. The molecule has 0 radical (unpaired) electrons. The zero-order valence-electron chi connectivity index (χ0n) is 14.8. The highest BCUT2D eigenvalue weighted by atomic mass is 79.9. The van der Waals surface area contributed by atoms with Gasteiger partial charge in [-0.15, -0.1) is 0 Å². The van der Waals surface area contributed by atoms with Crippen molar-refractivity contribution in [2.45, 2.75) is 19.9 Å². The maximum absolute atomic E-state index is 12.4. The van der Waals surface area contributed by atoms with E-state index in [1.807, 2.05) is 42.5 Å². The van der Waals surface area contributed by atoms with Crippen LogP contribution in [-0.2, 0) is 4.79 Å². The quantitative estimate of drug-likeness (QED) is 0.764. The SMILES string of the molecule is CC(C)C(NC(=O)COc1cccc(Br)c1)c1ccc2c(c1)OCCO2. The fourth-order valence-corrected chi connectivity index (χ4v) is 3.19. The smallest absolute Gasteiger partial charge is 0.258 e. The van der Waals surface area contributed by atoms with E-state index in [0.717, 1.165) is 21.5 Å². The van der Waals surface area contributed by atoms with Gasteiger partial charge in [0.05, 0.1) is 6.04 Å². The van der Waals surface area contributed by atoms with Crippen molar-refractivity contribution < 1.29 is 19.0 Å². The van der Waals surface area contributed by atoms with E-state index in [1.165, 1.54) is 0 Å². The van der Waals surface area contributed by atoms with Crippen molar-refractivity contribution >= 4 is 21.8 Å². The minimum Gasteiger partial charge on any atom is -0.486 e. The Bertz CT molecular complexity index is 778. The van der Waals surface area contributed by atoms with E-state index in [2.05, 4.69) is 35.1 Å².